The molecule has 0 aliphatic heterocycles. The molecule has 0 aliphatic carbocycles. The molecular formula is C23H19ClN4O4. The predicted octanol–water partition coefficient (Wildman–Crippen LogP) is 5.15. The monoisotopic (exact) mass is 450 g/mol. The number of carbonyl (C=O) groups is 1. The van der Waals surface area contributed by atoms with Gasteiger partial charge in [-0.3, -0.25) is 0 Å². The molecule has 4 aromatic rings. The summed E-state index contributed by atoms with van der Waals surface area (Å²) in [5.41, 5.74) is 1.33. The summed E-state index contributed by atoms with van der Waals surface area (Å²) < 4.78 is 16.3. The van der Waals surface area contributed by atoms with Crippen LogP contribution in [0.1, 0.15) is 6.92 Å². The summed E-state index contributed by atoms with van der Waals surface area (Å²) in [6.45, 7) is 1.61. The molecule has 0 spiro atoms. The van der Waals surface area contributed by atoms with Gasteiger partial charge in [0.15, 0.2) is 6.10 Å². The number of ether oxygens (including phenoxy) is 3. The van der Waals surface area contributed by atoms with Crippen LogP contribution < -0.4 is 14.8 Å². The Bertz CT molecular complexity index is 1250. The van der Waals surface area contributed by atoms with Gasteiger partial charge in [0.25, 0.3) is 0 Å². The lowest BCUT2D eigenvalue weighted by Crippen LogP contribution is -2.25. The summed E-state index contributed by atoms with van der Waals surface area (Å²) in [6, 6.07) is 16.0. The highest BCUT2D eigenvalue weighted by Gasteiger charge is 2.18. The minimum absolute atomic E-state index is 0.398. The molecule has 0 saturated heterocycles. The van der Waals surface area contributed by atoms with Crippen molar-refractivity contribution in [1.29, 1.82) is 0 Å². The quantitative estimate of drug-likeness (QED) is 0.386. The Labute approximate surface area is 189 Å². The molecule has 162 valence electrons. The minimum atomic E-state index is -0.795. The van der Waals surface area contributed by atoms with E-state index < -0.39 is 12.1 Å². The van der Waals surface area contributed by atoms with Crippen LogP contribution in [0, 0.1) is 0 Å². The van der Waals surface area contributed by atoms with Crippen molar-refractivity contribution in [2.75, 3.05) is 12.4 Å². The van der Waals surface area contributed by atoms with E-state index in [0.29, 0.717) is 44.8 Å². The number of nitrogens with one attached hydrogen (secondary N) is 1. The van der Waals surface area contributed by atoms with E-state index in [9.17, 15) is 4.79 Å². The molecule has 0 aliphatic rings. The standard InChI is InChI=1S/C23H19ClN4O4/c1-14(23(29)30-2)31-19-7-5-6-17-21(19)22(27-13-26-17)28-15-9-10-18(16(24)12-15)32-20-8-3-4-11-25-20/h3-14H,1-2H3,(H,26,27,28)/t14-/m1/s1. The third-order valence-corrected chi connectivity index (χ3v) is 4.80. The summed E-state index contributed by atoms with van der Waals surface area (Å²) >= 11 is 6.41. The molecule has 9 heteroatoms. The molecular weight excluding hydrogens is 432 g/mol. The van der Waals surface area contributed by atoms with Crippen LogP contribution >= 0.6 is 11.6 Å². The van der Waals surface area contributed by atoms with Crippen molar-refractivity contribution >= 4 is 40.0 Å². The summed E-state index contributed by atoms with van der Waals surface area (Å²) in [5.74, 6) is 1.38. The van der Waals surface area contributed by atoms with Crippen molar-refractivity contribution < 1.29 is 19.0 Å². The number of methoxy groups -OCH3 is 1. The molecule has 8 nitrogen and oxygen atoms in total. The summed E-state index contributed by atoms with van der Waals surface area (Å²) in [7, 11) is 1.31. The van der Waals surface area contributed by atoms with Crippen molar-refractivity contribution in [1.82, 2.24) is 15.0 Å². The number of esters is 1. The zero-order chi connectivity index (χ0) is 22.5. The maximum atomic E-state index is 11.8. The molecule has 0 fully saturated rings. The smallest absolute Gasteiger partial charge is 0.346 e. The van der Waals surface area contributed by atoms with E-state index >= 15 is 0 Å². The van der Waals surface area contributed by atoms with Gasteiger partial charge in [-0.2, -0.15) is 0 Å². The van der Waals surface area contributed by atoms with Gasteiger partial charge in [0.2, 0.25) is 5.88 Å². The van der Waals surface area contributed by atoms with E-state index in [2.05, 4.69) is 20.3 Å². The Kier molecular flexibility index (Phi) is 6.32. The van der Waals surface area contributed by atoms with Gasteiger partial charge in [-0.25, -0.2) is 19.7 Å². The highest BCUT2D eigenvalue weighted by Crippen LogP contribution is 2.35. The second-order valence-electron chi connectivity index (χ2n) is 6.70. The summed E-state index contributed by atoms with van der Waals surface area (Å²) in [4.78, 5) is 24.6. The van der Waals surface area contributed by atoms with E-state index in [1.807, 2.05) is 12.1 Å². The maximum absolute atomic E-state index is 11.8. The van der Waals surface area contributed by atoms with Crippen LogP contribution in [0.5, 0.6) is 17.4 Å². The van der Waals surface area contributed by atoms with E-state index in [0.717, 1.165) is 0 Å². The number of carbonyl (C=O) groups excluding carboxylic acids is 1. The topological polar surface area (TPSA) is 95.5 Å². The fourth-order valence-electron chi connectivity index (χ4n) is 2.99. The van der Waals surface area contributed by atoms with Gasteiger partial charge < -0.3 is 19.5 Å². The van der Waals surface area contributed by atoms with Gasteiger partial charge in [-0.15, -0.1) is 0 Å². The molecule has 0 amide bonds. The Balaban J connectivity index is 1.63. The lowest BCUT2D eigenvalue weighted by molar-refractivity contribution is -0.147. The number of halogens is 1. The van der Waals surface area contributed by atoms with Gasteiger partial charge in [0.1, 0.15) is 23.6 Å². The van der Waals surface area contributed by atoms with Gasteiger partial charge in [-0.1, -0.05) is 23.7 Å². The maximum Gasteiger partial charge on any atom is 0.346 e. The number of aromatic nitrogens is 3. The first-order valence-electron chi connectivity index (χ1n) is 9.69. The number of pyridine rings is 1. The van der Waals surface area contributed by atoms with Crippen LogP contribution in [0.2, 0.25) is 5.02 Å². The van der Waals surface area contributed by atoms with Gasteiger partial charge in [0, 0.05) is 18.0 Å². The normalized spacial score (nSPS) is 11.6. The van der Waals surface area contributed by atoms with E-state index in [1.165, 1.54) is 13.4 Å². The zero-order valence-electron chi connectivity index (χ0n) is 17.3. The number of rotatable bonds is 7. The molecule has 2 aromatic heterocycles. The van der Waals surface area contributed by atoms with Crippen molar-refractivity contribution in [3.63, 3.8) is 0 Å². The molecule has 32 heavy (non-hydrogen) atoms. The fourth-order valence-corrected chi connectivity index (χ4v) is 3.21. The van der Waals surface area contributed by atoms with E-state index in [-0.39, 0.29) is 0 Å². The Morgan fingerprint density at radius 3 is 2.66 bits per heavy atom. The predicted molar refractivity (Wildman–Crippen MR) is 121 cm³/mol. The average molecular weight is 451 g/mol. The van der Waals surface area contributed by atoms with Crippen LogP contribution in [-0.2, 0) is 9.53 Å². The fraction of sp³-hybridized carbons (Fsp3) is 0.130. The van der Waals surface area contributed by atoms with Crippen molar-refractivity contribution in [2.24, 2.45) is 0 Å². The number of hydrogen-bond donors (Lipinski definition) is 1. The summed E-state index contributed by atoms with van der Waals surface area (Å²) in [6.07, 6.45) is 2.29. The molecule has 0 unspecified atom stereocenters. The Morgan fingerprint density at radius 2 is 1.91 bits per heavy atom. The largest absolute Gasteiger partial charge is 0.478 e. The van der Waals surface area contributed by atoms with Gasteiger partial charge in [0.05, 0.1) is 23.0 Å². The SMILES string of the molecule is COC(=O)[C@@H](C)Oc1cccc2ncnc(Nc3ccc(Oc4ccccn4)c(Cl)c3)c12. The summed E-state index contributed by atoms with van der Waals surface area (Å²) in [5, 5.41) is 4.25. The number of hydrogen-bond acceptors (Lipinski definition) is 8. The molecule has 0 radical (unpaired) electrons. The molecule has 1 atom stereocenters. The first kappa shape index (κ1) is 21.3. The number of benzene rings is 2. The zero-order valence-corrected chi connectivity index (χ0v) is 18.0. The first-order chi connectivity index (χ1) is 15.5. The Hall–Kier alpha value is -3.91. The molecule has 4 rings (SSSR count). The van der Waals surface area contributed by atoms with Crippen LogP contribution in [-0.4, -0.2) is 34.1 Å². The number of anilines is 2. The Morgan fingerprint density at radius 1 is 1.03 bits per heavy atom. The van der Waals surface area contributed by atoms with Crippen molar-refractivity contribution in [3.8, 4) is 17.4 Å². The van der Waals surface area contributed by atoms with Crippen molar-refractivity contribution in [3.05, 3.63) is 72.1 Å². The number of nitrogens with zero attached hydrogens (tertiary/aromatic N) is 3. The molecule has 0 bridgehead atoms. The lowest BCUT2D eigenvalue weighted by Gasteiger charge is -2.16. The first-order valence-corrected chi connectivity index (χ1v) is 10.1. The van der Waals surface area contributed by atoms with Gasteiger partial charge in [-0.05, 0) is 43.3 Å². The van der Waals surface area contributed by atoms with Crippen LogP contribution in [0.15, 0.2) is 67.1 Å². The second kappa shape index (κ2) is 9.49. The third-order valence-electron chi connectivity index (χ3n) is 4.51. The molecule has 0 saturated carbocycles. The second-order valence-corrected chi connectivity index (χ2v) is 7.10. The number of fused-ring (bicyclic) bond motifs is 1. The average Bonchev–Trinajstić information content (AvgIpc) is 2.81. The van der Waals surface area contributed by atoms with Crippen LogP contribution in [0.3, 0.4) is 0 Å². The highest BCUT2D eigenvalue weighted by molar-refractivity contribution is 6.32. The molecule has 1 N–H and O–H groups in total. The van der Waals surface area contributed by atoms with E-state index in [1.54, 1.807) is 55.6 Å². The molecule has 2 aromatic carbocycles. The molecule has 2 heterocycles. The highest BCUT2D eigenvalue weighted by atomic mass is 35.5. The van der Waals surface area contributed by atoms with Crippen molar-refractivity contribution in [2.45, 2.75) is 13.0 Å². The minimum Gasteiger partial charge on any atom is -0.478 e. The van der Waals surface area contributed by atoms with Crippen LogP contribution in [0.25, 0.3) is 10.9 Å². The van der Waals surface area contributed by atoms with Crippen LogP contribution in [0.4, 0.5) is 11.5 Å². The van der Waals surface area contributed by atoms with E-state index in [4.69, 9.17) is 25.8 Å². The van der Waals surface area contributed by atoms with Gasteiger partial charge >= 0.3 is 5.97 Å². The lowest BCUT2D eigenvalue weighted by atomic mass is 10.2. The third kappa shape index (κ3) is 4.70.